The van der Waals surface area contributed by atoms with Crippen molar-refractivity contribution in [2.45, 2.75) is 45.1 Å². The van der Waals surface area contributed by atoms with E-state index in [1.54, 1.807) is 0 Å². The van der Waals surface area contributed by atoms with Crippen LogP contribution in [0.4, 0.5) is 0 Å². The van der Waals surface area contributed by atoms with Gasteiger partial charge in [0.15, 0.2) is 0 Å². The number of hydrogen-bond acceptors (Lipinski definition) is 0. The third-order valence-corrected chi connectivity index (χ3v) is 4.78. The zero-order valence-corrected chi connectivity index (χ0v) is 11.7. The van der Waals surface area contributed by atoms with Crippen molar-refractivity contribution in [3.05, 3.63) is 35.5 Å². The molecule has 0 unspecified atom stereocenters. The summed E-state index contributed by atoms with van der Waals surface area (Å²) in [6.07, 6.45) is 8.88. The lowest BCUT2D eigenvalue weighted by molar-refractivity contribution is 0.273. The second-order valence-corrected chi connectivity index (χ2v) is 5.89. The fraction of sp³-hybridized carbons (Fsp3) is 0.500. The van der Waals surface area contributed by atoms with E-state index in [4.69, 9.17) is 11.6 Å². The van der Waals surface area contributed by atoms with Crippen LogP contribution in [0.2, 0.25) is 5.02 Å². The molecule has 0 N–H and O–H groups in total. The van der Waals surface area contributed by atoms with Crippen LogP contribution in [-0.2, 0) is 0 Å². The average molecular weight is 262 g/mol. The van der Waals surface area contributed by atoms with Crippen LogP contribution in [0.5, 0.6) is 0 Å². The van der Waals surface area contributed by atoms with Crippen molar-refractivity contribution in [3.8, 4) is 0 Å². The Morgan fingerprint density at radius 2 is 1.94 bits per heavy atom. The predicted molar refractivity (Wildman–Crippen MR) is 78.2 cm³/mol. The van der Waals surface area contributed by atoms with Crippen molar-refractivity contribution in [3.63, 3.8) is 0 Å². The molecule has 0 saturated heterocycles. The number of rotatable bonds is 2. The normalized spacial score (nSPS) is 24.6. The third kappa shape index (κ3) is 2.05. The van der Waals surface area contributed by atoms with E-state index in [2.05, 4.69) is 29.8 Å². The van der Waals surface area contributed by atoms with Crippen LogP contribution in [0, 0.1) is 5.92 Å². The molecule has 3 rings (SSSR count). The molecular formula is C16H20ClN. The number of halogens is 1. The molecule has 1 aromatic carbocycles. The van der Waals surface area contributed by atoms with Crippen LogP contribution in [0.1, 0.15) is 45.1 Å². The molecule has 0 radical (unpaired) electrons. The van der Waals surface area contributed by atoms with Gasteiger partial charge < -0.3 is 4.57 Å². The van der Waals surface area contributed by atoms with Crippen LogP contribution in [-0.4, -0.2) is 4.57 Å². The van der Waals surface area contributed by atoms with Crippen LogP contribution >= 0.6 is 11.6 Å². The molecule has 0 aliphatic heterocycles. The van der Waals surface area contributed by atoms with Crippen molar-refractivity contribution in [1.29, 1.82) is 0 Å². The standard InChI is InChI=1S/C16H20ClN/c1-2-12-6-8-14(9-7-12)18-11-10-13-4-3-5-15(17)16(13)18/h3-5,10-12,14H,2,6-9H2,1H3. The monoisotopic (exact) mass is 261 g/mol. The first-order valence-corrected chi connectivity index (χ1v) is 7.42. The zero-order valence-electron chi connectivity index (χ0n) is 10.9. The molecule has 1 fully saturated rings. The smallest absolute Gasteiger partial charge is 0.0672 e. The highest BCUT2D eigenvalue weighted by Gasteiger charge is 2.22. The first kappa shape index (κ1) is 12.1. The van der Waals surface area contributed by atoms with Crippen molar-refractivity contribution < 1.29 is 0 Å². The van der Waals surface area contributed by atoms with Crippen molar-refractivity contribution in [2.75, 3.05) is 0 Å². The number of aromatic nitrogens is 1. The topological polar surface area (TPSA) is 4.93 Å². The lowest BCUT2D eigenvalue weighted by Crippen LogP contribution is -2.17. The summed E-state index contributed by atoms with van der Waals surface area (Å²) in [5.74, 6) is 0.943. The average Bonchev–Trinajstić information content (AvgIpc) is 2.84. The molecule has 96 valence electrons. The van der Waals surface area contributed by atoms with Gasteiger partial charge in [-0.15, -0.1) is 0 Å². The molecule has 0 amide bonds. The predicted octanol–water partition coefficient (Wildman–Crippen LogP) is 5.44. The Kier molecular flexibility index (Phi) is 3.34. The number of nitrogens with zero attached hydrogens (tertiary/aromatic N) is 1. The van der Waals surface area contributed by atoms with Crippen LogP contribution in [0.3, 0.4) is 0 Å². The molecule has 0 atom stereocenters. The molecular weight excluding hydrogens is 242 g/mol. The first-order chi connectivity index (χ1) is 8.79. The molecule has 0 bridgehead atoms. The number of hydrogen-bond donors (Lipinski definition) is 0. The van der Waals surface area contributed by atoms with Crippen LogP contribution < -0.4 is 0 Å². The number of benzene rings is 1. The van der Waals surface area contributed by atoms with Gasteiger partial charge >= 0.3 is 0 Å². The highest BCUT2D eigenvalue weighted by atomic mass is 35.5. The summed E-state index contributed by atoms with van der Waals surface area (Å²) >= 11 is 6.36. The minimum Gasteiger partial charge on any atom is -0.343 e. The SMILES string of the molecule is CCC1CCC(n2ccc3cccc(Cl)c32)CC1. The molecule has 1 aliphatic carbocycles. The van der Waals surface area contributed by atoms with Crippen molar-refractivity contribution in [1.82, 2.24) is 4.57 Å². The Balaban J connectivity index is 1.91. The molecule has 1 aromatic heterocycles. The van der Waals surface area contributed by atoms with Gasteiger partial charge in [0.25, 0.3) is 0 Å². The van der Waals surface area contributed by atoms with Gasteiger partial charge in [-0.25, -0.2) is 0 Å². The van der Waals surface area contributed by atoms with Gasteiger partial charge in [0.05, 0.1) is 10.5 Å². The van der Waals surface area contributed by atoms with Gasteiger partial charge in [0.1, 0.15) is 0 Å². The van der Waals surface area contributed by atoms with Gasteiger partial charge in [-0.2, -0.15) is 0 Å². The maximum absolute atomic E-state index is 6.36. The van der Waals surface area contributed by atoms with Crippen molar-refractivity contribution >= 4 is 22.5 Å². The van der Waals surface area contributed by atoms with E-state index in [1.807, 2.05) is 12.1 Å². The molecule has 1 nitrogen and oxygen atoms in total. The quantitative estimate of drug-likeness (QED) is 0.679. The van der Waals surface area contributed by atoms with Crippen molar-refractivity contribution in [2.24, 2.45) is 5.92 Å². The fourth-order valence-corrected chi connectivity index (χ4v) is 3.59. The molecule has 2 heteroatoms. The third-order valence-electron chi connectivity index (χ3n) is 4.48. The lowest BCUT2D eigenvalue weighted by Gasteiger charge is -2.29. The van der Waals surface area contributed by atoms with E-state index in [0.29, 0.717) is 6.04 Å². The minimum absolute atomic E-state index is 0.644. The Bertz CT molecular complexity index is 535. The summed E-state index contributed by atoms with van der Waals surface area (Å²) in [6, 6.07) is 9.01. The van der Waals surface area contributed by atoms with E-state index < -0.39 is 0 Å². The van der Waals surface area contributed by atoms with E-state index in [9.17, 15) is 0 Å². The van der Waals surface area contributed by atoms with Crippen LogP contribution in [0.25, 0.3) is 10.9 Å². The largest absolute Gasteiger partial charge is 0.343 e. The van der Waals surface area contributed by atoms with Gasteiger partial charge in [-0.1, -0.05) is 37.1 Å². The van der Waals surface area contributed by atoms with E-state index in [-0.39, 0.29) is 0 Å². The van der Waals surface area contributed by atoms with Gasteiger partial charge in [-0.05, 0) is 43.7 Å². The first-order valence-electron chi connectivity index (χ1n) is 7.04. The maximum atomic E-state index is 6.36. The summed E-state index contributed by atoms with van der Waals surface area (Å²) in [4.78, 5) is 0. The summed E-state index contributed by atoms with van der Waals surface area (Å²) in [5, 5.41) is 2.15. The minimum atomic E-state index is 0.644. The number of para-hydroxylation sites is 1. The Labute approximate surface area is 114 Å². The van der Waals surface area contributed by atoms with Crippen LogP contribution in [0.15, 0.2) is 30.5 Å². The maximum Gasteiger partial charge on any atom is 0.0672 e. The lowest BCUT2D eigenvalue weighted by atomic mass is 9.84. The summed E-state index contributed by atoms with van der Waals surface area (Å²) in [7, 11) is 0. The highest BCUT2D eigenvalue weighted by Crippen LogP contribution is 2.37. The summed E-state index contributed by atoms with van der Waals surface area (Å²) in [6.45, 7) is 2.31. The summed E-state index contributed by atoms with van der Waals surface area (Å²) < 4.78 is 2.41. The zero-order chi connectivity index (χ0) is 12.5. The van der Waals surface area contributed by atoms with Gasteiger partial charge in [-0.3, -0.25) is 0 Å². The molecule has 0 spiro atoms. The molecule has 1 aliphatic rings. The summed E-state index contributed by atoms with van der Waals surface area (Å²) in [5.41, 5.74) is 1.22. The second-order valence-electron chi connectivity index (χ2n) is 5.48. The Hall–Kier alpha value is -0.950. The van der Waals surface area contributed by atoms with E-state index in [0.717, 1.165) is 10.9 Å². The van der Waals surface area contributed by atoms with E-state index >= 15 is 0 Å². The molecule has 1 heterocycles. The highest BCUT2D eigenvalue weighted by molar-refractivity contribution is 6.35. The van der Waals surface area contributed by atoms with E-state index in [1.165, 1.54) is 43.0 Å². The molecule has 18 heavy (non-hydrogen) atoms. The molecule has 2 aromatic rings. The van der Waals surface area contributed by atoms with Gasteiger partial charge in [0.2, 0.25) is 0 Å². The Morgan fingerprint density at radius 3 is 2.67 bits per heavy atom. The fourth-order valence-electron chi connectivity index (χ4n) is 3.31. The molecule has 1 saturated carbocycles. The number of fused-ring (bicyclic) bond motifs is 1. The second kappa shape index (κ2) is 4.97. The Morgan fingerprint density at radius 1 is 1.17 bits per heavy atom. The van der Waals surface area contributed by atoms with Gasteiger partial charge in [0, 0.05) is 17.6 Å².